The first-order valence-corrected chi connectivity index (χ1v) is 7.70. The summed E-state index contributed by atoms with van der Waals surface area (Å²) in [7, 11) is 0. The molecule has 0 atom stereocenters. The Bertz CT molecular complexity index is 772. The summed E-state index contributed by atoms with van der Waals surface area (Å²) >= 11 is 0. The van der Waals surface area contributed by atoms with E-state index >= 15 is 0 Å². The van der Waals surface area contributed by atoms with Crippen LogP contribution in [0, 0.1) is 25.2 Å². The highest BCUT2D eigenvalue weighted by atomic mass is 16.2. The number of aryl methyl sites for hydroxylation is 2. The highest BCUT2D eigenvalue weighted by molar-refractivity contribution is 5.76. The molecule has 2 aromatic heterocycles. The molecule has 9 heteroatoms. The van der Waals surface area contributed by atoms with E-state index in [1.165, 1.54) is 11.0 Å². The van der Waals surface area contributed by atoms with Gasteiger partial charge >= 0.3 is 0 Å². The lowest BCUT2D eigenvalue weighted by atomic mass is 10.1. The SMILES string of the molecule is Cc1cc(N2CCN(C(=O)Cn3cnnn3)CC2)c(C#N)c(C)n1. The quantitative estimate of drug-likeness (QED) is 0.776. The predicted octanol–water partition coefficient (Wildman–Crippen LogP) is -0.0946. The van der Waals surface area contributed by atoms with Crippen LogP contribution < -0.4 is 4.90 Å². The third-order valence-corrected chi connectivity index (χ3v) is 4.08. The van der Waals surface area contributed by atoms with Crippen LogP contribution in [0.3, 0.4) is 0 Å². The lowest BCUT2D eigenvalue weighted by Crippen LogP contribution is -2.50. The number of hydrogen-bond acceptors (Lipinski definition) is 7. The average molecular weight is 326 g/mol. The summed E-state index contributed by atoms with van der Waals surface area (Å²) < 4.78 is 1.41. The maximum Gasteiger partial charge on any atom is 0.244 e. The second kappa shape index (κ2) is 6.62. The highest BCUT2D eigenvalue weighted by Gasteiger charge is 2.24. The van der Waals surface area contributed by atoms with E-state index in [0.29, 0.717) is 31.7 Å². The molecule has 24 heavy (non-hydrogen) atoms. The van der Waals surface area contributed by atoms with Gasteiger partial charge in [-0.15, -0.1) is 5.10 Å². The molecule has 3 rings (SSSR count). The molecule has 0 aliphatic carbocycles. The topological polar surface area (TPSA) is 104 Å². The molecule has 0 N–H and O–H groups in total. The molecule has 0 saturated carbocycles. The summed E-state index contributed by atoms with van der Waals surface area (Å²) in [6.07, 6.45) is 1.43. The Labute approximate surface area is 139 Å². The van der Waals surface area contributed by atoms with E-state index < -0.39 is 0 Å². The predicted molar refractivity (Wildman–Crippen MR) is 85.0 cm³/mol. The Morgan fingerprint density at radius 1 is 1.29 bits per heavy atom. The van der Waals surface area contributed by atoms with Crippen molar-refractivity contribution >= 4 is 11.6 Å². The van der Waals surface area contributed by atoms with Crippen LogP contribution in [-0.4, -0.2) is 62.2 Å². The second-order valence-corrected chi connectivity index (χ2v) is 5.73. The van der Waals surface area contributed by atoms with Gasteiger partial charge in [-0.2, -0.15) is 5.26 Å². The van der Waals surface area contributed by atoms with Gasteiger partial charge in [0.2, 0.25) is 5.91 Å². The first-order valence-electron chi connectivity index (χ1n) is 7.70. The number of piperazine rings is 1. The molecule has 0 unspecified atom stereocenters. The van der Waals surface area contributed by atoms with Crippen molar-refractivity contribution < 1.29 is 4.79 Å². The molecule has 124 valence electrons. The van der Waals surface area contributed by atoms with Gasteiger partial charge in [-0.3, -0.25) is 9.78 Å². The zero-order chi connectivity index (χ0) is 17.1. The van der Waals surface area contributed by atoms with Gasteiger partial charge in [0.05, 0.1) is 16.9 Å². The Hall–Kier alpha value is -3.02. The molecule has 1 aliphatic heterocycles. The van der Waals surface area contributed by atoms with Gasteiger partial charge in [-0.05, 0) is 30.3 Å². The smallest absolute Gasteiger partial charge is 0.244 e. The standard InChI is InChI=1S/C15H18N8O/c1-11-7-14(13(8-16)12(2)18-11)21-3-5-22(6-4-21)15(24)9-23-10-17-19-20-23/h7,10H,3-6,9H2,1-2H3. The average Bonchev–Trinajstić information content (AvgIpc) is 3.07. The van der Waals surface area contributed by atoms with E-state index in [2.05, 4.69) is 31.5 Å². The van der Waals surface area contributed by atoms with Crippen LogP contribution in [-0.2, 0) is 11.3 Å². The number of amides is 1. The second-order valence-electron chi connectivity index (χ2n) is 5.73. The van der Waals surface area contributed by atoms with E-state index in [9.17, 15) is 10.1 Å². The number of carbonyl (C=O) groups excluding carboxylic acids is 1. The zero-order valence-electron chi connectivity index (χ0n) is 13.7. The summed E-state index contributed by atoms with van der Waals surface area (Å²) in [5.74, 6) is -0.00968. The maximum atomic E-state index is 12.3. The third-order valence-electron chi connectivity index (χ3n) is 4.08. The molecule has 1 amide bonds. The fraction of sp³-hybridized carbons (Fsp3) is 0.467. The number of carbonyl (C=O) groups is 1. The van der Waals surface area contributed by atoms with E-state index in [0.717, 1.165) is 17.1 Å². The molecule has 1 saturated heterocycles. The largest absolute Gasteiger partial charge is 0.367 e. The van der Waals surface area contributed by atoms with Crippen LogP contribution >= 0.6 is 0 Å². The molecular weight excluding hydrogens is 308 g/mol. The molecule has 0 bridgehead atoms. The van der Waals surface area contributed by atoms with Gasteiger partial charge in [0, 0.05) is 31.9 Å². The van der Waals surface area contributed by atoms with Crippen LogP contribution in [0.15, 0.2) is 12.4 Å². The Morgan fingerprint density at radius 3 is 2.67 bits per heavy atom. The first kappa shape index (κ1) is 15.9. The zero-order valence-corrected chi connectivity index (χ0v) is 13.7. The molecule has 1 aliphatic rings. The summed E-state index contributed by atoms with van der Waals surface area (Å²) in [6.45, 7) is 6.48. The van der Waals surface area contributed by atoms with Crippen molar-refractivity contribution in [3.8, 4) is 6.07 Å². The number of anilines is 1. The van der Waals surface area contributed by atoms with Crippen LogP contribution in [0.25, 0.3) is 0 Å². The molecule has 1 fully saturated rings. The van der Waals surface area contributed by atoms with Crippen molar-refractivity contribution in [2.75, 3.05) is 31.1 Å². The number of tetrazole rings is 1. The van der Waals surface area contributed by atoms with Gasteiger partial charge in [0.1, 0.15) is 18.9 Å². The fourth-order valence-electron chi connectivity index (χ4n) is 2.88. The van der Waals surface area contributed by atoms with Crippen molar-refractivity contribution in [1.82, 2.24) is 30.1 Å². The normalized spacial score (nSPS) is 14.5. The monoisotopic (exact) mass is 326 g/mol. The maximum absolute atomic E-state index is 12.3. The van der Waals surface area contributed by atoms with E-state index in [1.54, 1.807) is 4.90 Å². The van der Waals surface area contributed by atoms with Gasteiger partial charge < -0.3 is 9.80 Å². The van der Waals surface area contributed by atoms with Crippen molar-refractivity contribution in [2.24, 2.45) is 0 Å². The Kier molecular flexibility index (Phi) is 4.37. The minimum Gasteiger partial charge on any atom is -0.367 e. The summed E-state index contributed by atoms with van der Waals surface area (Å²) in [4.78, 5) is 20.6. The van der Waals surface area contributed by atoms with Gasteiger partial charge in [-0.25, -0.2) is 4.68 Å². The van der Waals surface area contributed by atoms with Crippen molar-refractivity contribution in [3.63, 3.8) is 0 Å². The molecule has 0 radical (unpaired) electrons. The van der Waals surface area contributed by atoms with Crippen molar-refractivity contribution in [1.29, 1.82) is 5.26 Å². The number of pyridine rings is 1. The number of hydrogen-bond donors (Lipinski definition) is 0. The number of rotatable bonds is 3. The summed E-state index contributed by atoms with van der Waals surface area (Å²) in [5.41, 5.74) is 3.13. The molecule has 3 heterocycles. The first-order chi connectivity index (χ1) is 11.6. The summed E-state index contributed by atoms with van der Waals surface area (Å²) in [6, 6.07) is 4.18. The van der Waals surface area contributed by atoms with Crippen LogP contribution in [0.4, 0.5) is 5.69 Å². The Balaban J connectivity index is 1.67. The lowest BCUT2D eigenvalue weighted by molar-refractivity contribution is -0.132. The Morgan fingerprint density at radius 2 is 2.04 bits per heavy atom. The van der Waals surface area contributed by atoms with Gasteiger partial charge in [0.25, 0.3) is 0 Å². The van der Waals surface area contributed by atoms with Crippen molar-refractivity contribution in [2.45, 2.75) is 20.4 Å². The molecule has 9 nitrogen and oxygen atoms in total. The minimum absolute atomic E-state index is 0.00968. The molecule has 2 aromatic rings. The van der Waals surface area contributed by atoms with Crippen LogP contribution in [0.5, 0.6) is 0 Å². The number of nitriles is 1. The van der Waals surface area contributed by atoms with E-state index in [1.807, 2.05) is 19.9 Å². The summed E-state index contributed by atoms with van der Waals surface area (Å²) in [5, 5.41) is 20.2. The van der Waals surface area contributed by atoms with Gasteiger partial charge in [-0.1, -0.05) is 0 Å². The lowest BCUT2D eigenvalue weighted by Gasteiger charge is -2.36. The fourth-order valence-corrected chi connectivity index (χ4v) is 2.88. The minimum atomic E-state index is -0.00968. The highest BCUT2D eigenvalue weighted by Crippen LogP contribution is 2.24. The molecule has 0 spiro atoms. The van der Waals surface area contributed by atoms with Crippen LogP contribution in [0.1, 0.15) is 17.0 Å². The molecule has 0 aromatic carbocycles. The number of aromatic nitrogens is 5. The van der Waals surface area contributed by atoms with Crippen LogP contribution in [0.2, 0.25) is 0 Å². The third kappa shape index (κ3) is 3.17. The van der Waals surface area contributed by atoms with E-state index in [4.69, 9.17) is 0 Å². The van der Waals surface area contributed by atoms with Gasteiger partial charge in [0.15, 0.2) is 0 Å². The van der Waals surface area contributed by atoms with Crippen molar-refractivity contribution in [3.05, 3.63) is 29.3 Å². The molecular formula is C15H18N8O. The van der Waals surface area contributed by atoms with E-state index in [-0.39, 0.29) is 12.5 Å². The number of nitrogens with zero attached hydrogens (tertiary/aromatic N) is 8.